The van der Waals surface area contributed by atoms with Crippen LogP contribution in [-0.2, 0) is 13.6 Å². The average Bonchev–Trinajstić information content (AvgIpc) is 2.52. The molecule has 0 bridgehead atoms. The molecule has 0 rings (SSSR count). The van der Waals surface area contributed by atoms with Crippen molar-refractivity contribution in [1.82, 2.24) is 0 Å². The van der Waals surface area contributed by atoms with E-state index in [1.165, 1.54) is 64.2 Å². The maximum Gasteiger partial charge on any atom is 0.267 e. The van der Waals surface area contributed by atoms with Crippen molar-refractivity contribution in [2.75, 3.05) is 46.7 Å². The summed E-state index contributed by atoms with van der Waals surface area (Å²) >= 11 is 4.23. The maximum absolute atomic E-state index is 11.1. The van der Waals surface area contributed by atoms with Crippen molar-refractivity contribution in [3.63, 3.8) is 0 Å². The quantitative estimate of drug-likeness (QED) is 0.178. The molecule has 0 saturated carbocycles. The second-order valence-electron chi connectivity index (χ2n) is 7.11. The Morgan fingerprint density at radius 2 is 1.33 bits per heavy atom. The summed E-state index contributed by atoms with van der Waals surface area (Å²) in [6.45, 7) is 1.89. The van der Waals surface area contributed by atoms with Crippen molar-refractivity contribution < 1.29 is 23.0 Å². The van der Waals surface area contributed by atoms with Crippen molar-refractivity contribution in [2.45, 2.75) is 64.2 Å². The molecule has 146 valence electrons. The summed E-state index contributed by atoms with van der Waals surface area (Å²) in [7, 11) is 1.26. The first-order valence-corrected chi connectivity index (χ1v) is 11.4. The molecule has 0 radical (unpaired) electrons. The Morgan fingerprint density at radius 1 is 0.875 bits per heavy atom. The molecule has 0 N–H and O–H groups in total. The van der Waals surface area contributed by atoms with Gasteiger partial charge in [0.1, 0.15) is 13.2 Å². The molecule has 0 aromatic rings. The molecule has 0 heterocycles. The fourth-order valence-corrected chi connectivity index (χ4v) is 3.26. The highest BCUT2D eigenvalue weighted by molar-refractivity contribution is 7.80. The molecule has 0 saturated heterocycles. The fraction of sp³-hybridized carbons (Fsp3) is 1.00. The van der Waals surface area contributed by atoms with E-state index < -0.39 is 7.82 Å². The Morgan fingerprint density at radius 3 is 1.79 bits per heavy atom. The van der Waals surface area contributed by atoms with E-state index in [2.05, 4.69) is 31.2 Å². The van der Waals surface area contributed by atoms with Gasteiger partial charge < -0.3 is 18.4 Å². The summed E-state index contributed by atoms with van der Waals surface area (Å²) in [4.78, 5) is 11.1. The number of phosphoric ester groups is 1. The summed E-state index contributed by atoms with van der Waals surface area (Å²) in [5.41, 5.74) is 0. The van der Waals surface area contributed by atoms with E-state index in [9.17, 15) is 9.46 Å². The Kier molecular flexibility index (Phi) is 14.8. The van der Waals surface area contributed by atoms with Gasteiger partial charge in [0.15, 0.2) is 0 Å². The predicted molar refractivity (Wildman–Crippen MR) is 102 cm³/mol. The third-order valence-corrected chi connectivity index (χ3v) is 5.60. The molecule has 7 heteroatoms. The Hall–Kier alpha value is 0.420. The molecule has 0 amide bonds. The second kappa shape index (κ2) is 14.6. The summed E-state index contributed by atoms with van der Waals surface area (Å²) in [6, 6.07) is 0. The highest BCUT2D eigenvalue weighted by Gasteiger charge is 2.16. The number of phosphoric acid groups is 1. The van der Waals surface area contributed by atoms with Crippen LogP contribution in [0.15, 0.2) is 0 Å². The van der Waals surface area contributed by atoms with Gasteiger partial charge in [0.25, 0.3) is 7.82 Å². The van der Waals surface area contributed by atoms with Crippen molar-refractivity contribution in [3.05, 3.63) is 0 Å². The van der Waals surface area contributed by atoms with Crippen molar-refractivity contribution in [2.24, 2.45) is 0 Å². The molecule has 0 aliphatic rings. The van der Waals surface area contributed by atoms with E-state index in [1.807, 2.05) is 0 Å². The molecule has 0 aromatic carbocycles. The van der Waals surface area contributed by atoms with Crippen LogP contribution in [0.1, 0.15) is 64.2 Å². The predicted octanol–water partition coefficient (Wildman–Crippen LogP) is 4.03. The number of unbranched alkanes of at least 4 members (excludes halogenated alkanes) is 9. The minimum atomic E-state index is -4.08. The van der Waals surface area contributed by atoms with E-state index in [4.69, 9.17) is 4.52 Å². The number of likely N-dealkylation sites (N-methyl/N-ethyl adjacent to an activating group) is 1. The minimum absolute atomic E-state index is 0.175. The van der Waals surface area contributed by atoms with E-state index in [0.29, 0.717) is 6.54 Å². The Balaban J connectivity index is 3.47. The summed E-state index contributed by atoms with van der Waals surface area (Å²) < 4.78 is 21.0. The van der Waals surface area contributed by atoms with Gasteiger partial charge in [-0.25, -0.2) is 0 Å². The molecule has 1 unspecified atom stereocenters. The molecular weight excluding hydrogens is 345 g/mol. The van der Waals surface area contributed by atoms with E-state index >= 15 is 0 Å². The van der Waals surface area contributed by atoms with Gasteiger partial charge in [-0.15, -0.1) is 0 Å². The van der Waals surface area contributed by atoms with Crippen LogP contribution >= 0.6 is 20.5 Å². The number of quaternary nitrogens is 1. The molecular formula is C17H38NO4PS. The van der Waals surface area contributed by atoms with Gasteiger partial charge >= 0.3 is 0 Å². The molecule has 5 nitrogen and oxygen atoms in total. The molecule has 0 aromatic heterocycles. The SMILES string of the molecule is COP(=O)([O-])OCC[N+](C)(C)CCCCCCCCCCCCS. The first kappa shape index (κ1) is 24.4. The number of rotatable bonds is 17. The number of hydrogen-bond acceptors (Lipinski definition) is 5. The highest BCUT2D eigenvalue weighted by atomic mass is 32.1. The van der Waals surface area contributed by atoms with Gasteiger partial charge in [-0.05, 0) is 25.0 Å². The first-order valence-electron chi connectivity index (χ1n) is 9.27. The zero-order chi connectivity index (χ0) is 18.3. The van der Waals surface area contributed by atoms with Crippen molar-refractivity contribution in [3.8, 4) is 0 Å². The number of hydrogen-bond donors (Lipinski definition) is 1. The summed E-state index contributed by atoms with van der Waals surface area (Å²) in [5.74, 6) is 1.02. The Labute approximate surface area is 154 Å². The lowest BCUT2D eigenvalue weighted by Crippen LogP contribution is -2.43. The summed E-state index contributed by atoms with van der Waals surface area (Å²) in [6.07, 6.45) is 13.1. The van der Waals surface area contributed by atoms with Crippen LogP contribution in [0.2, 0.25) is 0 Å². The third kappa shape index (κ3) is 15.9. The lowest BCUT2D eigenvalue weighted by Gasteiger charge is -2.31. The topological polar surface area (TPSA) is 58.6 Å². The lowest BCUT2D eigenvalue weighted by atomic mass is 10.1. The van der Waals surface area contributed by atoms with Gasteiger partial charge in [0.2, 0.25) is 0 Å². The van der Waals surface area contributed by atoms with Crippen LogP contribution in [0.25, 0.3) is 0 Å². The standard InChI is InChI=1S/C17H38NO4PS/c1-18(2,15-16-22-23(19,20)21-3)14-12-10-8-6-4-5-7-9-11-13-17-24/h4-17H2,1-3H3,(H-,19,20,24). The van der Waals surface area contributed by atoms with Crippen molar-refractivity contribution in [1.29, 1.82) is 0 Å². The zero-order valence-corrected chi connectivity index (χ0v) is 17.7. The highest BCUT2D eigenvalue weighted by Crippen LogP contribution is 2.36. The van der Waals surface area contributed by atoms with Crippen LogP contribution in [-0.4, -0.2) is 51.1 Å². The molecule has 0 aliphatic heterocycles. The van der Waals surface area contributed by atoms with Gasteiger partial charge in [0, 0.05) is 7.11 Å². The molecule has 1 atom stereocenters. The summed E-state index contributed by atoms with van der Waals surface area (Å²) in [5, 5.41) is 0. The van der Waals surface area contributed by atoms with Crippen LogP contribution in [0.5, 0.6) is 0 Å². The van der Waals surface area contributed by atoms with Crippen LogP contribution in [0.3, 0.4) is 0 Å². The lowest BCUT2D eigenvalue weighted by molar-refractivity contribution is -0.890. The van der Waals surface area contributed by atoms with Crippen molar-refractivity contribution >= 4 is 20.5 Å². The number of thiol groups is 1. The fourth-order valence-electron chi connectivity index (χ4n) is 2.63. The van der Waals surface area contributed by atoms with E-state index in [0.717, 1.165) is 23.9 Å². The maximum atomic E-state index is 11.1. The molecule has 0 spiro atoms. The number of nitrogens with zero attached hydrogens (tertiary/aromatic N) is 1. The van der Waals surface area contributed by atoms with Crippen LogP contribution in [0, 0.1) is 0 Å². The monoisotopic (exact) mass is 383 g/mol. The van der Waals surface area contributed by atoms with Gasteiger partial charge in [-0.1, -0.05) is 44.9 Å². The second-order valence-corrected chi connectivity index (χ2v) is 9.07. The largest absolute Gasteiger partial charge is 0.756 e. The molecule has 0 fully saturated rings. The molecule has 24 heavy (non-hydrogen) atoms. The van der Waals surface area contributed by atoms with Gasteiger partial charge in [0.05, 0.1) is 20.6 Å². The first-order chi connectivity index (χ1) is 11.3. The van der Waals surface area contributed by atoms with Gasteiger partial charge in [-0.3, -0.25) is 4.57 Å². The van der Waals surface area contributed by atoms with Crippen LogP contribution in [0.4, 0.5) is 0 Å². The minimum Gasteiger partial charge on any atom is -0.756 e. The zero-order valence-electron chi connectivity index (χ0n) is 15.9. The third-order valence-electron chi connectivity index (χ3n) is 4.34. The van der Waals surface area contributed by atoms with E-state index in [1.54, 1.807) is 0 Å². The van der Waals surface area contributed by atoms with Crippen LogP contribution < -0.4 is 4.89 Å². The van der Waals surface area contributed by atoms with E-state index in [-0.39, 0.29) is 6.61 Å². The normalized spacial score (nSPS) is 14.7. The average molecular weight is 384 g/mol. The smallest absolute Gasteiger partial charge is 0.267 e. The molecule has 0 aliphatic carbocycles. The Bertz CT molecular complexity index is 343. The van der Waals surface area contributed by atoms with Gasteiger partial charge in [-0.2, -0.15) is 12.6 Å².